The summed E-state index contributed by atoms with van der Waals surface area (Å²) >= 11 is 0. The van der Waals surface area contributed by atoms with Gasteiger partial charge >= 0.3 is 0 Å². The lowest BCUT2D eigenvalue weighted by Gasteiger charge is -2.21. The summed E-state index contributed by atoms with van der Waals surface area (Å²) < 4.78 is 20.5. The van der Waals surface area contributed by atoms with E-state index in [1.807, 2.05) is 0 Å². The molecule has 1 saturated heterocycles. The highest BCUT2D eigenvalue weighted by atomic mass is 19.1. The summed E-state index contributed by atoms with van der Waals surface area (Å²) in [5.41, 5.74) is 6.62. The standard InChI is InChI=1S/C13H16FN5O/c14-11-5-10(6-12(15)7-11)13-16-17-18-19(13)8-9-1-3-20-4-2-9/h5-7,9H,1-4,8,15H2. The van der Waals surface area contributed by atoms with Gasteiger partial charge in [0, 0.05) is 31.0 Å². The van der Waals surface area contributed by atoms with E-state index in [0.717, 1.165) is 26.1 Å². The van der Waals surface area contributed by atoms with Crippen LogP contribution in [-0.4, -0.2) is 33.4 Å². The summed E-state index contributed by atoms with van der Waals surface area (Å²) in [7, 11) is 0. The Bertz CT molecular complexity index is 574. The summed E-state index contributed by atoms with van der Waals surface area (Å²) in [6.07, 6.45) is 1.98. The van der Waals surface area contributed by atoms with Crippen molar-refractivity contribution in [2.75, 3.05) is 18.9 Å². The molecule has 2 aromatic rings. The third-order valence-electron chi connectivity index (χ3n) is 3.48. The van der Waals surface area contributed by atoms with Gasteiger partial charge in [-0.15, -0.1) is 5.10 Å². The maximum Gasteiger partial charge on any atom is 0.182 e. The molecule has 20 heavy (non-hydrogen) atoms. The molecule has 0 unspecified atom stereocenters. The molecule has 0 spiro atoms. The molecule has 6 nitrogen and oxygen atoms in total. The quantitative estimate of drug-likeness (QED) is 0.860. The number of anilines is 1. The van der Waals surface area contributed by atoms with Crippen LogP contribution in [0.2, 0.25) is 0 Å². The number of aromatic nitrogens is 4. The van der Waals surface area contributed by atoms with Crippen molar-refractivity contribution in [1.29, 1.82) is 0 Å². The number of ether oxygens (including phenoxy) is 1. The van der Waals surface area contributed by atoms with Crippen LogP contribution in [0.4, 0.5) is 10.1 Å². The first kappa shape index (κ1) is 13.0. The van der Waals surface area contributed by atoms with Gasteiger partial charge in [-0.1, -0.05) is 0 Å². The highest BCUT2D eigenvalue weighted by Gasteiger charge is 2.18. The molecule has 106 valence electrons. The van der Waals surface area contributed by atoms with Crippen LogP contribution < -0.4 is 5.73 Å². The molecule has 0 saturated carbocycles. The van der Waals surface area contributed by atoms with Gasteiger partial charge in [0.25, 0.3) is 0 Å². The Hall–Kier alpha value is -2.02. The third kappa shape index (κ3) is 2.77. The predicted molar refractivity (Wildman–Crippen MR) is 71.2 cm³/mol. The van der Waals surface area contributed by atoms with Crippen molar-refractivity contribution in [2.45, 2.75) is 19.4 Å². The SMILES string of the molecule is Nc1cc(F)cc(-c2nnnn2CC2CCOCC2)c1. The number of nitrogens with zero attached hydrogens (tertiary/aromatic N) is 4. The minimum atomic E-state index is -0.388. The van der Waals surface area contributed by atoms with Gasteiger partial charge in [0.1, 0.15) is 5.82 Å². The van der Waals surface area contributed by atoms with Gasteiger partial charge in [0.05, 0.1) is 0 Å². The molecule has 0 amide bonds. The van der Waals surface area contributed by atoms with Crippen LogP contribution in [0.15, 0.2) is 18.2 Å². The lowest BCUT2D eigenvalue weighted by Crippen LogP contribution is -2.21. The second-order valence-corrected chi connectivity index (χ2v) is 5.01. The van der Waals surface area contributed by atoms with Crippen LogP contribution in [0.3, 0.4) is 0 Å². The fourth-order valence-corrected chi connectivity index (χ4v) is 2.45. The van der Waals surface area contributed by atoms with Gasteiger partial charge in [-0.3, -0.25) is 0 Å². The number of hydrogen-bond acceptors (Lipinski definition) is 5. The minimum absolute atomic E-state index is 0.362. The fraction of sp³-hybridized carbons (Fsp3) is 0.462. The second kappa shape index (κ2) is 5.54. The zero-order valence-electron chi connectivity index (χ0n) is 11.0. The van der Waals surface area contributed by atoms with Crippen molar-refractivity contribution >= 4 is 5.69 Å². The maximum atomic E-state index is 13.4. The van der Waals surface area contributed by atoms with Crippen LogP contribution in [-0.2, 0) is 11.3 Å². The van der Waals surface area contributed by atoms with Crippen molar-refractivity contribution in [2.24, 2.45) is 5.92 Å². The van der Waals surface area contributed by atoms with Gasteiger partial charge < -0.3 is 10.5 Å². The normalized spacial score (nSPS) is 16.4. The van der Waals surface area contributed by atoms with Gasteiger partial charge in [-0.25, -0.2) is 9.07 Å². The monoisotopic (exact) mass is 277 g/mol. The number of rotatable bonds is 3. The number of halogens is 1. The van der Waals surface area contributed by atoms with E-state index >= 15 is 0 Å². The molecule has 1 aliphatic rings. The van der Waals surface area contributed by atoms with E-state index in [0.29, 0.717) is 29.5 Å². The van der Waals surface area contributed by atoms with Crippen molar-refractivity contribution in [3.63, 3.8) is 0 Å². The van der Waals surface area contributed by atoms with Crippen molar-refractivity contribution in [3.8, 4) is 11.4 Å². The molecule has 0 atom stereocenters. The Morgan fingerprint density at radius 2 is 2.10 bits per heavy atom. The van der Waals surface area contributed by atoms with Crippen LogP contribution in [0.5, 0.6) is 0 Å². The maximum absolute atomic E-state index is 13.4. The third-order valence-corrected chi connectivity index (χ3v) is 3.48. The molecular weight excluding hydrogens is 261 g/mol. The summed E-state index contributed by atoms with van der Waals surface area (Å²) in [5, 5.41) is 11.7. The summed E-state index contributed by atoms with van der Waals surface area (Å²) in [6.45, 7) is 2.26. The molecule has 1 fully saturated rings. The van der Waals surface area contributed by atoms with Crippen molar-refractivity contribution in [3.05, 3.63) is 24.0 Å². The number of nitrogen functional groups attached to an aromatic ring is 1. The molecule has 3 rings (SSSR count). The molecule has 0 aliphatic carbocycles. The number of tetrazole rings is 1. The smallest absolute Gasteiger partial charge is 0.182 e. The molecule has 7 heteroatoms. The highest BCUT2D eigenvalue weighted by Crippen LogP contribution is 2.23. The minimum Gasteiger partial charge on any atom is -0.399 e. The first-order chi connectivity index (χ1) is 9.72. The first-order valence-corrected chi connectivity index (χ1v) is 6.63. The van der Waals surface area contributed by atoms with Crippen LogP contribution >= 0.6 is 0 Å². The Morgan fingerprint density at radius 3 is 2.85 bits per heavy atom. The highest BCUT2D eigenvalue weighted by molar-refractivity contribution is 5.61. The molecule has 0 bridgehead atoms. The van der Waals surface area contributed by atoms with Crippen molar-refractivity contribution in [1.82, 2.24) is 20.2 Å². The van der Waals surface area contributed by atoms with Crippen LogP contribution in [0, 0.1) is 11.7 Å². The topological polar surface area (TPSA) is 78.9 Å². The lowest BCUT2D eigenvalue weighted by molar-refractivity contribution is 0.0601. The Kier molecular flexibility index (Phi) is 3.60. The zero-order chi connectivity index (χ0) is 13.9. The van der Waals surface area contributed by atoms with E-state index < -0.39 is 0 Å². The number of nitrogens with two attached hydrogens (primary N) is 1. The molecule has 1 aliphatic heterocycles. The Labute approximate surface area is 115 Å². The number of benzene rings is 1. The Morgan fingerprint density at radius 1 is 1.30 bits per heavy atom. The molecule has 1 aromatic carbocycles. The van der Waals surface area contributed by atoms with E-state index in [-0.39, 0.29) is 5.82 Å². The van der Waals surface area contributed by atoms with Crippen LogP contribution in [0.1, 0.15) is 12.8 Å². The summed E-state index contributed by atoms with van der Waals surface area (Å²) in [5.74, 6) is 0.639. The van der Waals surface area contributed by atoms with Gasteiger partial charge in [-0.2, -0.15) is 0 Å². The summed E-state index contributed by atoms with van der Waals surface area (Å²) in [6, 6.07) is 4.34. The van der Waals surface area contributed by atoms with Crippen molar-refractivity contribution < 1.29 is 9.13 Å². The molecule has 0 radical (unpaired) electrons. The number of hydrogen-bond donors (Lipinski definition) is 1. The van der Waals surface area contributed by atoms with E-state index in [4.69, 9.17) is 10.5 Å². The van der Waals surface area contributed by atoms with Crippen LogP contribution in [0.25, 0.3) is 11.4 Å². The molecule has 2 heterocycles. The fourth-order valence-electron chi connectivity index (χ4n) is 2.45. The lowest BCUT2D eigenvalue weighted by atomic mass is 10.0. The van der Waals surface area contributed by atoms with E-state index in [2.05, 4.69) is 15.5 Å². The largest absolute Gasteiger partial charge is 0.399 e. The van der Waals surface area contributed by atoms with E-state index in [1.165, 1.54) is 12.1 Å². The van der Waals surface area contributed by atoms with Gasteiger partial charge in [0.2, 0.25) is 0 Å². The molecular formula is C13H16FN5O. The van der Waals surface area contributed by atoms with Gasteiger partial charge in [0.15, 0.2) is 5.82 Å². The molecule has 2 N–H and O–H groups in total. The predicted octanol–water partition coefficient (Wildman–Crippen LogP) is 1.49. The average molecular weight is 277 g/mol. The Balaban J connectivity index is 1.85. The first-order valence-electron chi connectivity index (χ1n) is 6.63. The van der Waals surface area contributed by atoms with Gasteiger partial charge in [-0.05, 0) is 47.4 Å². The van der Waals surface area contributed by atoms with E-state index in [1.54, 1.807) is 10.7 Å². The van der Waals surface area contributed by atoms with E-state index in [9.17, 15) is 4.39 Å². The average Bonchev–Trinajstić information content (AvgIpc) is 2.87. The molecule has 1 aromatic heterocycles. The zero-order valence-corrected chi connectivity index (χ0v) is 11.0. The second-order valence-electron chi connectivity index (χ2n) is 5.01. The summed E-state index contributed by atoms with van der Waals surface area (Å²) in [4.78, 5) is 0.